The van der Waals surface area contributed by atoms with Crippen molar-refractivity contribution in [1.82, 2.24) is 0 Å². The summed E-state index contributed by atoms with van der Waals surface area (Å²) in [7, 11) is 0. The van der Waals surface area contributed by atoms with Gasteiger partial charge in [0.1, 0.15) is 11.1 Å². The Hall–Kier alpha value is -3.89. The summed E-state index contributed by atoms with van der Waals surface area (Å²) in [6, 6.07) is 26.8. The lowest BCUT2D eigenvalue weighted by Gasteiger charge is -2.25. The fraction of sp³-hybridized carbons (Fsp3) is 0. The molecular formula is C26H15ClN2O2. The maximum Gasteiger partial charge on any atom is 0.218 e. The lowest BCUT2D eigenvalue weighted by Crippen LogP contribution is -2.17. The van der Waals surface area contributed by atoms with E-state index in [1.54, 1.807) is 6.21 Å². The Bertz CT molecular complexity index is 1570. The highest BCUT2D eigenvalue weighted by atomic mass is 35.5. The standard InChI is InChI=1S/C26H15ClN2O2/c27-17-10-12-18(13-11-17)29-22-8-4-3-7-21(22)28-15-20-25(30)24-19-6-2-1-5-16(19)9-14-23(24)31-26(20)29/h1-15H. The zero-order chi connectivity index (χ0) is 20.9. The molecule has 0 bridgehead atoms. The van der Waals surface area contributed by atoms with Gasteiger partial charge in [0, 0.05) is 16.9 Å². The van der Waals surface area contributed by atoms with Crippen LogP contribution in [0.1, 0.15) is 5.56 Å². The van der Waals surface area contributed by atoms with E-state index in [1.165, 1.54) is 0 Å². The molecule has 4 nitrogen and oxygen atoms in total. The van der Waals surface area contributed by atoms with Gasteiger partial charge in [-0.2, -0.15) is 0 Å². The minimum absolute atomic E-state index is 0.108. The van der Waals surface area contributed by atoms with Gasteiger partial charge >= 0.3 is 0 Å². The summed E-state index contributed by atoms with van der Waals surface area (Å²) in [6.45, 7) is 0. The summed E-state index contributed by atoms with van der Waals surface area (Å²) in [6.07, 6.45) is 1.61. The molecule has 2 heterocycles. The Morgan fingerprint density at radius 2 is 1.61 bits per heavy atom. The molecule has 0 spiro atoms. The Kier molecular flexibility index (Phi) is 3.95. The highest BCUT2D eigenvalue weighted by molar-refractivity contribution is 6.30. The number of aliphatic imine (C=N–C) groups is 1. The van der Waals surface area contributed by atoms with Crippen molar-refractivity contribution in [3.8, 4) is 0 Å². The van der Waals surface area contributed by atoms with Gasteiger partial charge in [0.2, 0.25) is 11.3 Å². The number of anilines is 3. The van der Waals surface area contributed by atoms with Gasteiger partial charge in [-0.05, 0) is 53.2 Å². The van der Waals surface area contributed by atoms with Crippen LogP contribution in [-0.2, 0) is 0 Å². The van der Waals surface area contributed by atoms with E-state index in [2.05, 4.69) is 4.99 Å². The van der Waals surface area contributed by atoms with Crippen molar-refractivity contribution in [3.63, 3.8) is 0 Å². The van der Waals surface area contributed by atoms with Gasteiger partial charge in [-0.15, -0.1) is 0 Å². The van der Waals surface area contributed by atoms with E-state index < -0.39 is 0 Å². The summed E-state index contributed by atoms with van der Waals surface area (Å²) >= 11 is 6.13. The lowest BCUT2D eigenvalue weighted by atomic mass is 10.0. The molecule has 0 radical (unpaired) electrons. The van der Waals surface area contributed by atoms with Crippen LogP contribution in [0.2, 0.25) is 5.02 Å². The minimum atomic E-state index is -0.108. The second-order valence-corrected chi connectivity index (χ2v) is 7.81. The van der Waals surface area contributed by atoms with Gasteiger partial charge in [0.25, 0.3) is 0 Å². The second kappa shape index (κ2) is 6.83. The number of hydrogen-bond donors (Lipinski definition) is 0. The van der Waals surface area contributed by atoms with E-state index in [0.29, 0.717) is 27.4 Å². The van der Waals surface area contributed by atoms with Crippen molar-refractivity contribution in [2.75, 3.05) is 4.90 Å². The maximum atomic E-state index is 13.7. The zero-order valence-electron chi connectivity index (χ0n) is 16.2. The minimum Gasteiger partial charge on any atom is -0.439 e. The molecule has 1 aliphatic heterocycles. The lowest BCUT2D eigenvalue weighted by molar-refractivity contribution is 0.608. The predicted molar refractivity (Wildman–Crippen MR) is 127 cm³/mol. The van der Waals surface area contributed by atoms with Crippen LogP contribution in [0.5, 0.6) is 0 Å². The summed E-state index contributed by atoms with van der Waals surface area (Å²) in [5.74, 6) is 0.434. The molecule has 4 aromatic carbocycles. The molecule has 0 unspecified atom stereocenters. The number of hydrogen-bond acceptors (Lipinski definition) is 4. The number of halogens is 1. The first-order chi connectivity index (χ1) is 15.2. The van der Waals surface area contributed by atoms with Crippen LogP contribution in [0.4, 0.5) is 22.9 Å². The molecule has 0 fully saturated rings. The van der Waals surface area contributed by atoms with Gasteiger partial charge in [0.05, 0.1) is 16.8 Å². The summed E-state index contributed by atoms with van der Waals surface area (Å²) in [5, 5.41) is 3.05. The van der Waals surface area contributed by atoms with Crippen molar-refractivity contribution < 1.29 is 4.42 Å². The Morgan fingerprint density at radius 1 is 0.839 bits per heavy atom. The van der Waals surface area contributed by atoms with E-state index in [0.717, 1.165) is 27.8 Å². The van der Waals surface area contributed by atoms with Crippen molar-refractivity contribution >= 4 is 62.5 Å². The van der Waals surface area contributed by atoms with Crippen molar-refractivity contribution in [3.05, 3.63) is 106 Å². The molecule has 0 saturated carbocycles. The van der Waals surface area contributed by atoms with Crippen LogP contribution in [0, 0.1) is 0 Å². The highest BCUT2D eigenvalue weighted by Crippen LogP contribution is 2.43. The Morgan fingerprint density at radius 3 is 2.48 bits per heavy atom. The SMILES string of the molecule is O=c1c2c(oc3ccc4ccccc4c13)N(c1ccc(Cl)cc1)c1ccccc1N=C2. The van der Waals surface area contributed by atoms with E-state index in [4.69, 9.17) is 16.0 Å². The van der Waals surface area contributed by atoms with Crippen LogP contribution in [0.3, 0.4) is 0 Å². The van der Waals surface area contributed by atoms with Crippen LogP contribution in [0.25, 0.3) is 21.7 Å². The number of rotatable bonds is 1. The van der Waals surface area contributed by atoms with E-state index in [9.17, 15) is 4.79 Å². The van der Waals surface area contributed by atoms with Crippen LogP contribution in [-0.4, -0.2) is 6.21 Å². The summed E-state index contributed by atoms with van der Waals surface area (Å²) < 4.78 is 6.41. The third-order valence-corrected chi connectivity index (χ3v) is 5.79. The molecule has 148 valence electrons. The third-order valence-electron chi connectivity index (χ3n) is 5.54. The normalized spacial score (nSPS) is 12.6. The first kappa shape index (κ1) is 17.9. The fourth-order valence-electron chi connectivity index (χ4n) is 4.09. The first-order valence-electron chi connectivity index (χ1n) is 9.88. The van der Waals surface area contributed by atoms with Crippen molar-refractivity contribution in [2.45, 2.75) is 0 Å². The molecule has 0 atom stereocenters. The van der Waals surface area contributed by atoms with Gasteiger partial charge in [-0.25, -0.2) is 0 Å². The monoisotopic (exact) mass is 422 g/mol. The van der Waals surface area contributed by atoms with Gasteiger partial charge in [-0.1, -0.05) is 54.1 Å². The molecular weight excluding hydrogens is 408 g/mol. The number of fused-ring (bicyclic) bond motifs is 5. The maximum absolute atomic E-state index is 13.7. The van der Waals surface area contributed by atoms with E-state index >= 15 is 0 Å². The topological polar surface area (TPSA) is 45.8 Å². The smallest absolute Gasteiger partial charge is 0.218 e. The fourth-order valence-corrected chi connectivity index (χ4v) is 4.22. The number of nitrogens with zero attached hydrogens (tertiary/aromatic N) is 2. The number of benzene rings is 4. The highest BCUT2D eigenvalue weighted by Gasteiger charge is 2.26. The average Bonchev–Trinajstić information content (AvgIpc) is 2.96. The molecule has 0 saturated heterocycles. The molecule has 0 aliphatic carbocycles. The van der Waals surface area contributed by atoms with Crippen molar-refractivity contribution in [2.24, 2.45) is 4.99 Å². The van der Waals surface area contributed by atoms with Crippen LogP contribution < -0.4 is 10.3 Å². The first-order valence-corrected chi connectivity index (χ1v) is 10.3. The quantitative estimate of drug-likeness (QED) is 0.265. The van der Waals surface area contributed by atoms with Gasteiger partial charge in [0.15, 0.2) is 0 Å². The van der Waals surface area contributed by atoms with E-state index in [-0.39, 0.29) is 5.43 Å². The summed E-state index contributed by atoms with van der Waals surface area (Å²) in [5.41, 5.74) is 3.24. The van der Waals surface area contributed by atoms with Crippen LogP contribution >= 0.6 is 11.6 Å². The Balaban J connectivity index is 1.74. The molecule has 0 N–H and O–H groups in total. The zero-order valence-corrected chi connectivity index (χ0v) is 17.0. The third kappa shape index (κ3) is 2.76. The molecule has 6 rings (SSSR count). The molecule has 1 aromatic heterocycles. The van der Waals surface area contributed by atoms with Gasteiger partial charge in [-0.3, -0.25) is 14.7 Å². The van der Waals surface area contributed by atoms with Crippen molar-refractivity contribution in [1.29, 1.82) is 0 Å². The molecule has 5 aromatic rings. The summed E-state index contributed by atoms with van der Waals surface area (Å²) in [4.78, 5) is 20.3. The van der Waals surface area contributed by atoms with Crippen LogP contribution in [0.15, 0.2) is 99.1 Å². The average molecular weight is 423 g/mol. The second-order valence-electron chi connectivity index (χ2n) is 7.37. The molecule has 0 amide bonds. The van der Waals surface area contributed by atoms with E-state index in [1.807, 2.05) is 89.8 Å². The molecule has 1 aliphatic rings. The number of para-hydroxylation sites is 2. The predicted octanol–water partition coefficient (Wildman–Crippen LogP) is 7.13. The molecule has 31 heavy (non-hydrogen) atoms. The Labute approximate surface area is 182 Å². The molecule has 5 heteroatoms. The van der Waals surface area contributed by atoms with Gasteiger partial charge < -0.3 is 4.42 Å². The largest absolute Gasteiger partial charge is 0.439 e.